The summed E-state index contributed by atoms with van der Waals surface area (Å²) < 4.78 is 29.9. The van der Waals surface area contributed by atoms with Crippen LogP contribution in [0.3, 0.4) is 0 Å². The molecule has 2 N–H and O–H groups in total. The summed E-state index contributed by atoms with van der Waals surface area (Å²) in [6, 6.07) is 0. The van der Waals surface area contributed by atoms with Crippen LogP contribution in [0.2, 0.25) is 0 Å². The molecule has 9 nitrogen and oxygen atoms in total. The van der Waals surface area contributed by atoms with Gasteiger partial charge in [-0.25, -0.2) is 0 Å². The van der Waals surface area contributed by atoms with Crippen molar-refractivity contribution in [2.45, 2.75) is 76.3 Å². The number of fused-ring (bicyclic) bond motifs is 7. The van der Waals surface area contributed by atoms with Crippen LogP contribution in [0.5, 0.6) is 0 Å². The van der Waals surface area contributed by atoms with Crippen LogP contribution in [0.25, 0.3) is 0 Å². The maximum atomic E-state index is 9.95. The topological polar surface area (TPSA) is 111 Å². The maximum absolute atomic E-state index is 9.95. The van der Waals surface area contributed by atoms with Gasteiger partial charge in [-0.2, -0.15) is 0 Å². The third-order valence-electron chi connectivity index (χ3n) is 8.27. The fourth-order valence-electron chi connectivity index (χ4n) is 7.10. The average molecular weight is 455 g/mol. The minimum absolute atomic E-state index is 0.0411. The lowest BCUT2D eigenvalue weighted by atomic mass is 9.58. The van der Waals surface area contributed by atoms with E-state index in [0.29, 0.717) is 48.4 Å². The molecule has 2 heterocycles. The van der Waals surface area contributed by atoms with Gasteiger partial charge in [0.15, 0.2) is 5.79 Å². The first-order valence-corrected chi connectivity index (χ1v) is 11.9. The van der Waals surface area contributed by atoms with E-state index in [0.717, 1.165) is 19.3 Å². The molecule has 2 aliphatic heterocycles. The number of methoxy groups -OCH3 is 2. The van der Waals surface area contributed by atoms with Crippen LogP contribution >= 0.6 is 0 Å². The standard InChI is InChI=1S/C23H38N2O7/c1-14(24-26)8-9-17-19(25-27)11-21-22-16-7-5-4-6-15(16)20(30-12-28-2)10-18(22)23(17,32-21)31-13-29-3/h15-18,20-22,26-27H,4-13H2,1-3H3/b24-14+,25-19+/t15-,16-,17-,18-,20-,21-,22+,23+/m0/s1. The Kier molecular flexibility index (Phi) is 7.72. The Hall–Kier alpha value is -1.26. The summed E-state index contributed by atoms with van der Waals surface area (Å²) in [5, 5.41) is 26.1. The van der Waals surface area contributed by atoms with Crippen molar-refractivity contribution in [3.05, 3.63) is 0 Å². The highest BCUT2D eigenvalue weighted by Crippen LogP contribution is 2.62. The van der Waals surface area contributed by atoms with Gasteiger partial charge < -0.3 is 34.1 Å². The van der Waals surface area contributed by atoms with Crippen LogP contribution < -0.4 is 0 Å². The third-order valence-corrected chi connectivity index (χ3v) is 8.27. The smallest absolute Gasteiger partial charge is 0.182 e. The number of rotatable bonds is 9. The van der Waals surface area contributed by atoms with Crippen LogP contribution in [0.1, 0.15) is 58.3 Å². The van der Waals surface area contributed by atoms with Crippen LogP contribution in [0.15, 0.2) is 10.3 Å². The summed E-state index contributed by atoms with van der Waals surface area (Å²) in [5.74, 6) is 0.196. The Morgan fingerprint density at radius 3 is 2.56 bits per heavy atom. The van der Waals surface area contributed by atoms with Crippen molar-refractivity contribution >= 4 is 11.4 Å². The molecule has 32 heavy (non-hydrogen) atoms. The van der Waals surface area contributed by atoms with Crippen molar-refractivity contribution in [2.24, 2.45) is 39.9 Å². The summed E-state index contributed by atoms with van der Waals surface area (Å²) in [6.07, 6.45) is 7.39. The highest BCUT2D eigenvalue weighted by molar-refractivity contribution is 5.90. The molecule has 0 aromatic carbocycles. The molecule has 0 amide bonds. The van der Waals surface area contributed by atoms with Crippen LogP contribution in [0.4, 0.5) is 0 Å². The molecule has 8 atom stereocenters. The Labute approximate surface area is 190 Å². The third kappa shape index (κ3) is 4.18. The van der Waals surface area contributed by atoms with Gasteiger partial charge in [-0.1, -0.05) is 23.2 Å². The molecular formula is C23H38N2O7. The molecule has 2 bridgehead atoms. The Morgan fingerprint density at radius 2 is 1.88 bits per heavy atom. The first-order chi connectivity index (χ1) is 15.6. The van der Waals surface area contributed by atoms with Gasteiger partial charge in [-0.05, 0) is 56.8 Å². The van der Waals surface area contributed by atoms with Gasteiger partial charge in [0.25, 0.3) is 0 Å². The van der Waals surface area contributed by atoms with Crippen LogP contribution in [0, 0.1) is 29.6 Å². The first-order valence-electron chi connectivity index (χ1n) is 11.9. The van der Waals surface area contributed by atoms with Crippen molar-refractivity contribution in [3.8, 4) is 0 Å². The minimum atomic E-state index is -0.946. The molecule has 0 radical (unpaired) electrons. The molecule has 4 fully saturated rings. The lowest BCUT2D eigenvalue weighted by molar-refractivity contribution is -0.302. The van der Waals surface area contributed by atoms with E-state index < -0.39 is 5.79 Å². The number of hydrogen-bond donors (Lipinski definition) is 2. The largest absolute Gasteiger partial charge is 0.411 e. The van der Waals surface area contributed by atoms with E-state index in [1.807, 2.05) is 0 Å². The summed E-state index contributed by atoms with van der Waals surface area (Å²) in [4.78, 5) is 0. The van der Waals surface area contributed by atoms with E-state index in [9.17, 15) is 5.21 Å². The van der Waals surface area contributed by atoms with Gasteiger partial charge in [0.05, 0.1) is 29.5 Å². The number of hydrogen-bond acceptors (Lipinski definition) is 9. The fraction of sp³-hybridized carbons (Fsp3) is 0.913. The summed E-state index contributed by atoms with van der Waals surface area (Å²) >= 11 is 0. The second kappa shape index (κ2) is 10.3. The molecule has 0 aromatic rings. The minimum Gasteiger partial charge on any atom is -0.411 e. The summed E-state index contributed by atoms with van der Waals surface area (Å²) in [5.41, 5.74) is 1.33. The molecule has 9 heteroatoms. The Morgan fingerprint density at radius 1 is 1.12 bits per heavy atom. The molecule has 2 saturated heterocycles. The van der Waals surface area contributed by atoms with E-state index in [-0.39, 0.29) is 37.6 Å². The van der Waals surface area contributed by atoms with E-state index in [4.69, 9.17) is 28.9 Å². The second-order valence-corrected chi connectivity index (χ2v) is 9.79. The highest BCUT2D eigenvalue weighted by atomic mass is 16.8. The van der Waals surface area contributed by atoms with Gasteiger partial charge in [0, 0.05) is 26.6 Å². The molecule has 0 aromatic heterocycles. The molecule has 0 unspecified atom stereocenters. The molecule has 0 spiro atoms. The Balaban J connectivity index is 1.71. The maximum Gasteiger partial charge on any atom is 0.182 e. The monoisotopic (exact) mass is 454 g/mol. The average Bonchev–Trinajstić information content (AvgIpc) is 3.09. The number of nitrogens with zero attached hydrogens (tertiary/aromatic N) is 2. The summed E-state index contributed by atoms with van der Waals surface area (Å²) in [6.45, 7) is 2.15. The first kappa shape index (κ1) is 23.9. The number of oxime groups is 2. The zero-order valence-corrected chi connectivity index (χ0v) is 19.4. The van der Waals surface area contributed by atoms with Crippen LogP contribution in [-0.4, -0.2) is 67.6 Å². The van der Waals surface area contributed by atoms with Crippen molar-refractivity contribution < 1.29 is 34.1 Å². The zero-order chi connectivity index (χ0) is 22.7. The SMILES string of the molecule is COCO[C@H]1C[C@H]2[C@@H]([C@H]3CCCC[C@@H]31)[C@@H]1C/C(=N\O)[C@H](CC/C(C)=N/O)[C@@]2(OCOC)O1. The Bertz CT molecular complexity index is 702. The highest BCUT2D eigenvalue weighted by Gasteiger charge is 2.68. The fourth-order valence-corrected chi connectivity index (χ4v) is 7.10. The van der Waals surface area contributed by atoms with Crippen LogP contribution in [-0.2, 0) is 23.7 Å². The van der Waals surface area contributed by atoms with E-state index >= 15 is 0 Å². The molecule has 4 rings (SSSR count). The molecule has 4 aliphatic rings. The second-order valence-electron chi connectivity index (χ2n) is 9.79. The van der Waals surface area contributed by atoms with Gasteiger partial charge in [-0.3, -0.25) is 0 Å². The van der Waals surface area contributed by atoms with Gasteiger partial charge in [-0.15, -0.1) is 0 Å². The van der Waals surface area contributed by atoms with E-state index in [1.165, 1.54) is 12.8 Å². The van der Waals surface area contributed by atoms with E-state index in [1.54, 1.807) is 21.1 Å². The van der Waals surface area contributed by atoms with E-state index in [2.05, 4.69) is 10.3 Å². The lowest BCUT2D eigenvalue weighted by Crippen LogP contribution is -2.55. The van der Waals surface area contributed by atoms with Gasteiger partial charge in [0.1, 0.15) is 13.6 Å². The molecule has 2 aliphatic carbocycles. The van der Waals surface area contributed by atoms with Crippen molar-refractivity contribution in [1.82, 2.24) is 0 Å². The zero-order valence-electron chi connectivity index (χ0n) is 19.4. The predicted molar refractivity (Wildman–Crippen MR) is 116 cm³/mol. The van der Waals surface area contributed by atoms with Gasteiger partial charge in [0.2, 0.25) is 0 Å². The van der Waals surface area contributed by atoms with Crippen molar-refractivity contribution in [2.75, 3.05) is 27.8 Å². The van der Waals surface area contributed by atoms with Crippen molar-refractivity contribution in [3.63, 3.8) is 0 Å². The van der Waals surface area contributed by atoms with Crippen molar-refractivity contribution in [1.29, 1.82) is 0 Å². The molecular weight excluding hydrogens is 416 g/mol. The normalized spacial score (nSPS) is 42.7. The number of ether oxygens (including phenoxy) is 5. The molecule has 182 valence electrons. The molecule has 2 saturated carbocycles. The predicted octanol–water partition coefficient (Wildman–Crippen LogP) is 3.61. The quantitative estimate of drug-likeness (QED) is 0.237. The lowest BCUT2D eigenvalue weighted by Gasteiger charge is -2.50. The summed E-state index contributed by atoms with van der Waals surface area (Å²) in [7, 11) is 3.26. The van der Waals surface area contributed by atoms with Gasteiger partial charge >= 0.3 is 0 Å².